The number of ether oxygens (including phenoxy) is 1. The highest BCUT2D eigenvalue weighted by Gasteiger charge is 2.10. The fourth-order valence-corrected chi connectivity index (χ4v) is 2.30. The number of hydrogen-bond donors (Lipinski definition) is 1. The molecule has 1 atom stereocenters. The van der Waals surface area contributed by atoms with E-state index in [0.29, 0.717) is 11.0 Å². The van der Waals surface area contributed by atoms with Crippen LogP contribution in [0.15, 0.2) is 42.5 Å². The highest BCUT2D eigenvalue weighted by molar-refractivity contribution is 7.80. The Kier molecular flexibility index (Phi) is 5.93. The van der Waals surface area contributed by atoms with Gasteiger partial charge in [-0.3, -0.25) is 0 Å². The minimum absolute atomic E-state index is 0.0470. The first-order valence-electron chi connectivity index (χ1n) is 7.72. The summed E-state index contributed by atoms with van der Waals surface area (Å²) in [6.45, 7) is 6.87. The first-order valence-corrected chi connectivity index (χ1v) is 8.13. The van der Waals surface area contributed by atoms with Crippen molar-refractivity contribution in [1.29, 1.82) is 0 Å². The number of hydrogen-bond acceptors (Lipinski definition) is 3. The van der Waals surface area contributed by atoms with Crippen LogP contribution in [0.1, 0.15) is 31.2 Å². The molecule has 0 aliphatic carbocycles. The fourth-order valence-electron chi connectivity index (χ4n) is 2.06. The molecule has 0 fully saturated rings. The number of anilines is 1. The molecule has 0 spiro atoms. The molecule has 0 saturated heterocycles. The van der Waals surface area contributed by atoms with Crippen molar-refractivity contribution >= 4 is 23.0 Å². The number of nitrogens with one attached hydrogen (secondary N) is 1. The van der Waals surface area contributed by atoms with Crippen LogP contribution in [-0.2, 0) is 0 Å². The maximum atomic E-state index is 5.93. The Morgan fingerprint density at radius 2 is 1.96 bits per heavy atom. The van der Waals surface area contributed by atoms with Gasteiger partial charge in [-0.1, -0.05) is 30.3 Å². The molecule has 1 N–H and O–H groups in total. The van der Waals surface area contributed by atoms with Gasteiger partial charge in [0.05, 0.1) is 11.4 Å². The molecular formula is C18H23N3OS. The van der Waals surface area contributed by atoms with Gasteiger partial charge >= 0.3 is 0 Å². The van der Waals surface area contributed by atoms with Crippen LogP contribution in [0.25, 0.3) is 0 Å². The van der Waals surface area contributed by atoms with Gasteiger partial charge < -0.3 is 15.0 Å². The Labute approximate surface area is 143 Å². The van der Waals surface area contributed by atoms with E-state index in [2.05, 4.69) is 17.2 Å². The van der Waals surface area contributed by atoms with Crippen LogP contribution in [0.5, 0.6) is 5.88 Å². The minimum Gasteiger partial charge on any atom is -0.470 e. The number of thiocarbonyl (C=S) groups is 1. The smallest absolute Gasteiger partial charge is 0.214 e. The summed E-state index contributed by atoms with van der Waals surface area (Å²) in [5, 5.41) is 3.90. The Hall–Kier alpha value is -2.14. The van der Waals surface area contributed by atoms with Crippen molar-refractivity contribution in [2.24, 2.45) is 0 Å². The van der Waals surface area contributed by atoms with Gasteiger partial charge in [-0.25, -0.2) is 4.98 Å². The van der Waals surface area contributed by atoms with Gasteiger partial charge in [0, 0.05) is 19.7 Å². The molecule has 4 nitrogen and oxygen atoms in total. The first kappa shape index (κ1) is 17.2. The summed E-state index contributed by atoms with van der Waals surface area (Å²) in [4.78, 5) is 6.48. The van der Waals surface area contributed by atoms with Crippen molar-refractivity contribution in [1.82, 2.24) is 9.88 Å². The molecule has 0 bridgehead atoms. The fraction of sp³-hybridized carbons (Fsp3) is 0.333. The molecule has 1 heterocycles. The van der Waals surface area contributed by atoms with Gasteiger partial charge in [0.2, 0.25) is 5.88 Å². The second-order valence-electron chi connectivity index (χ2n) is 5.40. The van der Waals surface area contributed by atoms with Gasteiger partial charge in [0.15, 0.2) is 5.11 Å². The second kappa shape index (κ2) is 7.92. The molecule has 23 heavy (non-hydrogen) atoms. The lowest BCUT2D eigenvalue weighted by atomic mass is 10.1. The summed E-state index contributed by atoms with van der Waals surface area (Å²) in [6, 6.07) is 13.9. The van der Waals surface area contributed by atoms with E-state index in [-0.39, 0.29) is 6.10 Å². The van der Waals surface area contributed by atoms with Gasteiger partial charge in [0.1, 0.15) is 6.10 Å². The monoisotopic (exact) mass is 329 g/mol. The van der Waals surface area contributed by atoms with Gasteiger partial charge in [-0.2, -0.15) is 0 Å². The lowest BCUT2D eigenvalue weighted by Gasteiger charge is -2.20. The van der Waals surface area contributed by atoms with E-state index in [4.69, 9.17) is 17.0 Å². The maximum absolute atomic E-state index is 5.93. The summed E-state index contributed by atoms with van der Waals surface area (Å²) >= 11 is 5.34. The molecule has 1 aromatic carbocycles. The van der Waals surface area contributed by atoms with Gasteiger partial charge in [-0.15, -0.1) is 0 Å². The van der Waals surface area contributed by atoms with Gasteiger partial charge in [0.25, 0.3) is 0 Å². The van der Waals surface area contributed by atoms with Crippen LogP contribution in [0.2, 0.25) is 0 Å². The standard InChI is InChI=1S/C18H23N3OS/c1-5-21(4)18(23)20-16-11-12-17(19-13(16)2)22-14(3)15-9-7-6-8-10-15/h6-12,14H,5H2,1-4H3,(H,20,23). The molecule has 5 heteroatoms. The maximum Gasteiger partial charge on any atom is 0.214 e. The van der Waals surface area contributed by atoms with Crippen molar-refractivity contribution < 1.29 is 4.74 Å². The molecule has 1 unspecified atom stereocenters. The second-order valence-corrected chi connectivity index (χ2v) is 5.78. The van der Waals surface area contributed by atoms with Gasteiger partial charge in [-0.05, 0) is 44.6 Å². The highest BCUT2D eigenvalue weighted by atomic mass is 32.1. The number of aromatic nitrogens is 1. The van der Waals surface area contributed by atoms with Crippen LogP contribution in [0.3, 0.4) is 0 Å². The van der Waals surface area contributed by atoms with Crippen LogP contribution in [-0.4, -0.2) is 28.6 Å². The molecule has 0 aliphatic heterocycles. The average Bonchev–Trinajstić information content (AvgIpc) is 2.57. The van der Waals surface area contributed by atoms with E-state index in [1.165, 1.54) is 0 Å². The average molecular weight is 329 g/mol. The molecule has 0 radical (unpaired) electrons. The Morgan fingerprint density at radius 1 is 1.26 bits per heavy atom. The predicted molar refractivity (Wildman–Crippen MR) is 99.0 cm³/mol. The third-order valence-corrected chi connectivity index (χ3v) is 4.10. The summed E-state index contributed by atoms with van der Waals surface area (Å²) in [5.41, 5.74) is 2.88. The topological polar surface area (TPSA) is 37.4 Å². The Bertz CT molecular complexity index is 661. The first-order chi connectivity index (χ1) is 11.0. The number of rotatable bonds is 5. The number of pyridine rings is 1. The van der Waals surface area contributed by atoms with Crippen LogP contribution in [0, 0.1) is 6.92 Å². The zero-order chi connectivity index (χ0) is 16.8. The zero-order valence-corrected chi connectivity index (χ0v) is 14.9. The van der Waals surface area contributed by atoms with Crippen molar-refractivity contribution in [2.45, 2.75) is 26.9 Å². The van der Waals surface area contributed by atoms with Crippen molar-refractivity contribution in [3.8, 4) is 5.88 Å². The van der Waals surface area contributed by atoms with E-state index in [0.717, 1.165) is 23.5 Å². The SMILES string of the molecule is CCN(C)C(=S)Nc1ccc(OC(C)c2ccccc2)nc1C. The third kappa shape index (κ3) is 4.66. The van der Waals surface area contributed by atoms with Crippen LogP contribution < -0.4 is 10.1 Å². The van der Waals surface area contributed by atoms with E-state index < -0.39 is 0 Å². The van der Waals surface area contributed by atoms with E-state index in [9.17, 15) is 0 Å². The molecule has 122 valence electrons. The Morgan fingerprint density at radius 3 is 2.57 bits per heavy atom. The highest BCUT2D eigenvalue weighted by Crippen LogP contribution is 2.23. The third-order valence-electron chi connectivity index (χ3n) is 3.69. The summed E-state index contributed by atoms with van der Waals surface area (Å²) in [5.74, 6) is 0.610. The largest absolute Gasteiger partial charge is 0.470 e. The van der Waals surface area contributed by atoms with Crippen molar-refractivity contribution in [3.05, 3.63) is 53.7 Å². The molecular weight excluding hydrogens is 306 g/mol. The van der Waals surface area contributed by atoms with Crippen LogP contribution in [0.4, 0.5) is 5.69 Å². The molecule has 0 aliphatic rings. The van der Waals surface area contributed by atoms with Crippen molar-refractivity contribution in [2.75, 3.05) is 18.9 Å². The zero-order valence-electron chi connectivity index (χ0n) is 14.0. The quantitative estimate of drug-likeness (QED) is 0.833. The van der Waals surface area contributed by atoms with Crippen molar-refractivity contribution in [3.63, 3.8) is 0 Å². The Balaban J connectivity index is 2.06. The molecule has 0 amide bonds. The minimum atomic E-state index is -0.0470. The molecule has 2 rings (SSSR count). The number of nitrogens with zero attached hydrogens (tertiary/aromatic N) is 2. The van der Waals surface area contributed by atoms with E-state index in [1.54, 1.807) is 0 Å². The number of aryl methyl sites for hydroxylation is 1. The summed E-state index contributed by atoms with van der Waals surface area (Å²) < 4.78 is 5.93. The normalized spacial score (nSPS) is 11.7. The molecule has 0 saturated carbocycles. The summed E-state index contributed by atoms with van der Waals surface area (Å²) in [7, 11) is 1.96. The molecule has 2 aromatic rings. The van der Waals surface area contributed by atoms with E-state index in [1.807, 2.05) is 68.3 Å². The summed E-state index contributed by atoms with van der Waals surface area (Å²) in [6.07, 6.45) is -0.0470. The number of benzene rings is 1. The predicted octanol–water partition coefficient (Wildman–Crippen LogP) is 4.18. The molecule has 1 aromatic heterocycles. The lowest BCUT2D eigenvalue weighted by Crippen LogP contribution is -2.31. The van der Waals surface area contributed by atoms with E-state index >= 15 is 0 Å². The lowest BCUT2D eigenvalue weighted by molar-refractivity contribution is 0.217. The van der Waals surface area contributed by atoms with Crippen LogP contribution >= 0.6 is 12.2 Å².